The van der Waals surface area contributed by atoms with Gasteiger partial charge in [-0.15, -0.1) is 23.7 Å². The fourth-order valence-electron chi connectivity index (χ4n) is 3.15. The maximum absolute atomic E-state index is 12.0. The largest absolute Gasteiger partial charge is 0.336 e. The van der Waals surface area contributed by atoms with Gasteiger partial charge >= 0.3 is 0 Å². The van der Waals surface area contributed by atoms with Crippen molar-refractivity contribution < 1.29 is 4.79 Å². The van der Waals surface area contributed by atoms with Gasteiger partial charge in [0.05, 0.1) is 17.2 Å². The molecule has 2 fully saturated rings. The highest BCUT2D eigenvalue weighted by molar-refractivity contribution is 7.09. The minimum atomic E-state index is 0. The predicted molar refractivity (Wildman–Crippen MR) is 87.0 cm³/mol. The van der Waals surface area contributed by atoms with Gasteiger partial charge in [0, 0.05) is 37.6 Å². The van der Waals surface area contributed by atoms with Crippen molar-refractivity contribution >= 4 is 29.7 Å². The Bertz CT molecular complexity index is 481. The third kappa shape index (κ3) is 4.16. The molecule has 1 atom stereocenters. The van der Waals surface area contributed by atoms with E-state index in [1.807, 2.05) is 6.92 Å². The second-order valence-electron chi connectivity index (χ2n) is 5.65. The second kappa shape index (κ2) is 7.54. The summed E-state index contributed by atoms with van der Waals surface area (Å²) in [5, 5.41) is 6.42. The maximum atomic E-state index is 12.0. The molecule has 1 aromatic rings. The summed E-state index contributed by atoms with van der Waals surface area (Å²) in [5.74, 6) is 0.257. The van der Waals surface area contributed by atoms with E-state index in [1.165, 1.54) is 12.1 Å². The van der Waals surface area contributed by atoms with Crippen LogP contribution >= 0.6 is 23.7 Å². The van der Waals surface area contributed by atoms with Crippen LogP contribution < -0.4 is 5.32 Å². The number of rotatable bonds is 3. The number of hydrogen-bond donors (Lipinski definition) is 1. The zero-order valence-corrected chi connectivity index (χ0v) is 14.0. The van der Waals surface area contributed by atoms with Crippen LogP contribution in [0.2, 0.25) is 0 Å². The van der Waals surface area contributed by atoms with Crippen molar-refractivity contribution in [3.8, 4) is 0 Å². The predicted octanol–water partition coefficient (Wildman–Crippen LogP) is 1.27. The first-order valence-electron chi connectivity index (χ1n) is 7.36. The Labute approximate surface area is 136 Å². The molecule has 0 bridgehead atoms. The Balaban J connectivity index is 0.00000161. The van der Waals surface area contributed by atoms with Crippen LogP contribution in [0.5, 0.6) is 0 Å². The monoisotopic (exact) mass is 330 g/mol. The van der Waals surface area contributed by atoms with E-state index in [4.69, 9.17) is 0 Å². The van der Waals surface area contributed by atoms with Crippen molar-refractivity contribution in [3.05, 3.63) is 16.1 Å². The number of piperidine rings is 1. The minimum absolute atomic E-state index is 0. The molecule has 7 heteroatoms. The maximum Gasteiger partial charge on any atom is 0.236 e. The molecule has 5 nitrogen and oxygen atoms in total. The van der Waals surface area contributed by atoms with E-state index >= 15 is 0 Å². The van der Waals surface area contributed by atoms with Gasteiger partial charge in [0.2, 0.25) is 5.91 Å². The Morgan fingerprint density at radius 2 is 2.33 bits per heavy atom. The molecular weight excluding hydrogens is 308 g/mol. The molecule has 1 N–H and O–H groups in total. The lowest BCUT2D eigenvalue weighted by Crippen LogP contribution is -2.56. The molecule has 2 aliphatic heterocycles. The van der Waals surface area contributed by atoms with E-state index in [9.17, 15) is 4.79 Å². The number of piperazine rings is 1. The molecule has 2 saturated heterocycles. The highest BCUT2D eigenvalue weighted by atomic mass is 35.5. The normalized spacial score (nSPS) is 24.0. The zero-order chi connectivity index (χ0) is 13.9. The van der Waals surface area contributed by atoms with E-state index in [2.05, 4.69) is 25.5 Å². The molecule has 2 aliphatic rings. The number of nitrogens with zero attached hydrogens (tertiary/aromatic N) is 3. The quantitative estimate of drug-likeness (QED) is 0.906. The van der Waals surface area contributed by atoms with Crippen LogP contribution in [-0.2, 0) is 11.3 Å². The smallest absolute Gasteiger partial charge is 0.236 e. The van der Waals surface area contributed by atoms with Crippen molar-refractivity contribution in [2.75, 3.05) is 32.7 Å². The summed E-state index contributed by atoms with van der Waals surface area (Å²) in [6.45, 7) is 7.35. The summed E-state index contributed by atoms with van der Waals surface area (Å²) in [6, 6.07) is 0.387. The number of hydrogen-bond acceptors (Lipinski definition) is 5. The van der Waals surface area contributed by atoms with Crippen molar-refractivity contribution in [1.82, 2.24) is 20.1 Å². The molecule has 21 heavy (non-hydrogen) atoms. The van der Waals surface area contributed by atoms with Crippen molar-refractivity contribution in [1.29, 1.82) is 0 Å². The SMILES string of the molecule is Cc1nc(CN2CCCC(N3CCNCC3=O)C2)cs1.Cl. The van der Waals surface area contributed by atoms with Gasteiger partial charge in [-0.1, -0.05) is 0 Å². The van der Waals surface area contributed by atoms with Crippen LogP contribution in [0.3, 0.4) is 0 Å². The van der Waals surface area contributed by atoms with E-state index in [0.29, 0.717) is 12.6 Å². The molecule has 0 saturated carbocycles. The van der Waals surface area contributed by atoms with Crippen LogP contribution in [0.15, 0.2) is 5.38 Å². The summed E-state index contributed by atoms with van der Waals surface area (Å²) >= 11 is 1.71. The number of halogens is 1. The van der Waals surface area contributed by atoms with Gasteiger partial charge in [-0.25, -0.2) is 4.98 Å². The van der Waals surface area contributed by atoms with Crippen molar-refractivity contribution in [2.24, 2.45) is 0 Å². The van der Waals surface area contributed by atoms with E-state index in [-0.39, 0.29) is 18.3 Å². The molecule has 0 aliphatic carbocycles. The fourth-order valence-corrected chi connectivity index (χ4v) is 3.75. The van der Waals surface area contributed by atoms with Gasteiger partial charge in [-0.05, 0) is 26.3 Å². The first-order valence-corrected chi connectivity index (χ1v) is 8.24. The average Bonchev–Trinajstić information content (AvgIpc) is 2.85. The molecule has 0 spiro atoms. The zero-order valence-electron chi connectivity index (χ0n) is 12.4. The highest BCUT2D eigenvalue weighted by Crippen LogP contribution is 2.19. The Morgan fingerprint density at radius 3 is 3.05 bits per heavy atom. The summed E-state index contributed by atoms with van der Waals surface area (Å²) in [5.41, 5.74) is 1.17. The molecule has 0 aromatic carbocycles. The lowest BCUT2D eigenvalue weighted by molar-refractivity contribution is -0.135. The first kappa shape index (κ1) is 16.7. The molecule has 1 amide bonds. The van der Waals surface area contributed by atoms with E-state index in [1.54, 1.807) is 11.3 Å². The summed E-state index contributed by atoms with van der Waals surface area (Å²) in [7, 11) is 0. The number of carbonyl (C=O) groups is 1. The van der Waals surface area contributed by atoms with Gasteiger partial charge in [0.15, 0.2) is 0 Å². The minimum Gasteiger partial charge on any atom is -0.336 e. The molecule has 1 aromatic heterocycles. The van der Waals surface area contributed by atoms with Crippen molar-refractivity contribution in [2.45, 2.75) is 32.4 Å². The van der Waals surface area contributed by atoms with Gasteiger partial charge in [-0.2, -0.15) is 0 Å². The summed E-state index contributed by atoms with van der Waals surface area (Å²) < 4.78 is 0. The average molecular weight is 331 g/mol. The van der Waals surface area contributed by atoms with Crippen LogP contribution in [0.1, 0.15) is 23.5 Å². The molecule has 3 rings (SSSR count). The Morgan fingerprint density at radius 1 is 1.48 bits per heavy atom. The van der Waals surface area contributed by atoms with Crippen molar-refractivity contribution in [3.63, 3.8) is 0 Å². The number of likely N-dealkylation sites (tertiary alicyclic amines) is 1. The number of nitrogens with one attached hydrogen (secondary N) is 1. The molecule has 3 heterocycles. The first-order chi connectivity index (χ1) is 9.72. The van der Waals surface area contributed by atoms with Crippen LogP contribution in [-0.4, -0.2) is 59.5 Å². The summed E-state index contributed by atoms with van der Waals surface area (Å²) in [6.07, 6.45) is 2.31. The lowest BCUT2D eigenvalue weighted by Gasteiger charge is -2.41. The highest BCUT2D eigenvalue weighted by Gasteiger charge is 2.29. The topological polar surface area (TPSA) is 48.5 Å². The molecular formula is C14H23ClN4OS. The number of amides is 1. The number of aryl methyl sites for hydroxylation is 1. The third-order valence-electron chi connectivity index (χ3n) is 4.10. The molecule has 0 radical (unpaired) electrons. The second-order valence-corrected chi connectivity index (χ2v) is 6.72. The fraction of sp³-hybridized carbons (Fsp3) is 0.714. The Hall–Kier alpha value is -0.690. The van der Waals surface area contributed by atoms with Crippen LogP contribution in [0.25, 0.3) is 0 Å². The standard InChI is InChI=1S/C14H22N4OS.ClH/c1-11-16-12(10-20-11)8-17-5-2-3-13(9-17)18-6-4-15-7-14(18)19;/h10,13,15H,2-9H2,1H3;1H. The summed E-state index contributed by atoms with van der Waals surface area (Å²) in [4.78, 5) is 21.1. The van der Waals surface area contributed by atoms with Gasteiger partial charge < -0.3 is 10.2 Å². The Kier molecular flexibility index (Phi) is 5.98. The third-order valence-corrected chi connectivity index (χ3v) is 4.92. The van der Waals surface area contributed by atoms with E-state index in [0.717, 1.165) is 44.2 Å². The van der Waals surface area contributed by atoms with Gasteiger partial charge in [0.1, 0.15) is 0 Å². The molecule has 1 unspecified atom stereocenters. The van der Waals surface area contributed by atoms with E-state index < -0.39 is 0 Å². The number of thiazole rings is 1. The van der Waals surface area contributed by atoms with Crippen LogP contribution in [0, 0.1) is 6.92 Å². The van der Waals surface area contributed by atoms with Gasteiger partial charge in [-0.3, -0.25) is 9.69 Å². The van der Waals surface area contributed by atoms with Crippen LogP contribution in [0.4, 0.5) is 0 Å². The van der Waals surface area contributed by atoms with Gasteiger partial charge in [0.25, 0.3) is 0 Å². The lowest BCUT2D eigenvalue weighted by atomic mass is 10.0. The number of aromatic nitrogens is 1. The number of carbonyl (C=O) groups excluding carboxylic acids is 1. The molecule has 118 valence electrons.